The maximum atomic E-state index is 12.0. The van der Waals surface area contributed by atoms with Crippen LogP contribution in [-0.2, 0) is 6.04 Å². The van der Waals surface area contributed by atoms with E-state index in [2.05, 4.69) is 24.6 Å². The van der Waals surface area contributed by atoms with Crippen LogP contribution in [-0.4, -0.2) is 20.2 Å². The molecule has 1 heterocycles. The third-order valence-corrected chi connectivity index (χ3v) is 4.31. The topological polar surface area (TPSA) is 42.1 Å². The molecule has 0 saturated carbocycles. The number of hydrogen-bond donors (Lipinski definition) is 1. The maximum Gasteiger partial charge on any atom is 0.251 e. The van der Waals surface area contributed by atoms with Gasteiger partial charge in [-0.1, -0.05) is 25.7 Å². The average Bonchev–Trinajstić information content (AvgIpc) is 2.27. The molecule has 0 radical (unpaired) electrons. The van der Waals surface area contributed by atoms with Crippen LogP contribution in [0.15, 0.2) is 29.1 Å². The second-order valence-corrected chi connectivity index (χ2v) is 11.3. The van der Waals surface area contributed by atoms with E-state index in [9.17, 15) is 4.79 Å². The summed E-state index contributed by atoms with van der Waals surface area (Å²) in [7, 11) is 0.346. The molecule has 0 aliphatic heterocycles. The Morgan fingerprint density at radius 1 is 1.28 bits per heavy atom. The number of ether oxygens (including phenoxy) is 1. The quantitative estimate of drug-likeness (QED) is 0.863. The Kier molecular flexibility index (Phi) is 3.30. The smallest absolute Gasteiger partial charge is 0.251 e. The Bertz CT molecular complexity index is 626. The van der Waals surface area contributed by atoms with E-state index in [-0.39, 0.29) is 5.56 Å². The zero-order chi connectivity index (χ0) is 13.3. The van der Waals surface area contributed by atoms with E-state index in [1.54, 1.807) is 7.11 Å². The Hall–Kier alpha value is -1.55. The van der Waals surface area contributed by atoms with Gasteiger partial charge in [0, 0.05) is 19.0 Å². The van der Waals surface area contributed by atoms with Crippen LogP contribution in [0.1, 0.15) is 5.56 Å². The third kappa shape index (κ3) is 2.64. The standard InChI is InChI=1S/C14H19NO2Si/c1-17-13-7-5-6-12-11(13)8-10(14(16)15-12)9-18(2,3)4/h5-8H,9H2,1-4H3,(H,15,16). The van der Waals surface area contributed by atoms with Gasteiger partial charge in [-0.15, -0.1) is 0 Å². The molecule has 18 heavy (non-hydrogen) atoms. The van der Waals surface area contributed by atoms with Crippen molar-refractivity contribution in [3.8, 4) is 5.75 Å². The molecule has 0 fully saturated rings. The van der Waals surface area contributed by atoms with Gasteiger partial charge in [0.05, 0.1) is 12.6 Å². The highest BCUT2D eigenvalue weighted by Gasteiger charge is 2.17. The summed E-state index contributed by atoms with van der Waals surface area (Å²) < 4.78 is 5.34. The van der Waals surface area contributed by atoms with E-state index >= 15 is 0 Å². The van der Waals surface area contributed by atoms with Crippen LogP contribution < -0.4 is 10.3 Å². The normalized spacial score (nSPS) is 11.8. The lowest BCUT2D eigenvalue weighted by Gasteiger charge is -2.15. The van der Waals surface area contributed by atoms with Crippen molar-refractivity contribution < 1.29 is 4.74 Å². The Morgan fingerprint density at radius 2 is 2.00 bits per heavy atom. The van der Waals surface area contributed by atoms with Crippen LogP contribution in [0.5, 0.6) is 5.75 Å². The summed E-state index contributed by atoms with van der Waals surface area (Å²) >= 11 is 0. The number of H-pyrrole nitrogens is 1. The molecular formula is C14H19NO2Si. The molecule has 2 rings (SSSR count). The van der Waals surface area contributed by atoms with E-state index < -0.39 is 8.07 Å². The molecule has 0 atom stereocenters. The van der Waals surface area contributed by atoms with Crippen LogP contribution in [0.25, 0.3) is 10.9 Å². The van der Waals surface area contributed by atoms with Gasteiger partial charge < -0.3 is 9.72 Å². The van der Waals surface area contributed by atoms with Gasteiger partial charge >= 0.3 is 0 Å². The minimum absolute atomic E-state index is 0.0261. The molecule has 4 heteroatoms. The van der Waals surface area contributed by atoms with Crippen LogP contribution >= 0.6 is 0 Å². The largest absolute Gasteiger partial charge is 0.496 e. The van der Waals surface area contributed by atoms with E-state index in [1.807, 2.05) is 24.3 Å². The van der Waals surface area contributed by atoms with Crippen molar-refractivity contribution in [3.05, 3.63) is 40.2 Å². The van der Waals surface area contributed by atoms with Crippen LogP contribution in [0.2, 0.25) is 19.6 Å². The number of aromatic amines is 1. The molecule has 0 amide bonds. The number of benzene rings is 1. The Balaban J connectivity index is 2.63. The van der Waals surface area contributed by atoms with Crippen molar-refractivity contribution in [2.45, 2.75) is 25.7 Å². The number of hydrogen-bond acceptors (Lipinski definition) is 2. The summed E-state index contributed by atoms with van der Waals surface area (Å²) in [5.41, 5.74) is 1.73. The molecule has 1 aromatic heterocycles. The molecule has 0 spiro atoms. The van der Waals surface area contributed by atoms with Crippen LogP contribution in [0.4, 0.5) is 0 Å². The highest BCUT2D eigenvalue weighted by Crippen LogP contribution is 2.24. The SMILES string of the molecule is COc1cccc2[nH]c(=O)c(C[Si](C)(C)C)cc12. The highest BCUT2D eigenvalue weighted by molar-refractivity contribution is 6.75. The molecule has 0 bridgehead atoms. The van der Waals surface area contributed by atoms with Gasteiger partial charge in [-0.25, -0.2) is 0 Å². The number of nitrogens with one attached hydrogen (secondary N) is 1. The first-order valence-electron chi connectivity index (χ1n) is 6.09. The molecule has 96 valence electrons. The van der Waals surface area contributed by atoms with Crippen molar-refractivity contribution in [1.29, 1.82) is 0 Å². The number of pyridine rings is 1. The molecular weight excluding hydrogens is 242 g/mol. The second kappa shape index (κ2) is 4.61. The maximum absolute atomic E-state index is 12.0. The minimum Gasteiger partial charge on any atom is -0.496 e. The summed E-state index contributed by atoms with van der Waals surface area (Å²) in [5.74, 6) is 0.806. The van der Waals surface area contributed by atoms with E-state index in [0.29, 0.717) is 0 Å². The zero-order valence-electron chi connectivity index (χ0n) is 11.3. The Labute approximate surface area is 108 Å². The fraction of sp³-hybridized carbons (Fsp3) is 0.357. The third-order valence-electron chi connectivity index (χ3n) is 2.87. The zero-order valence-corrected chi connectivity index (χ0v) is 12.3. The first-order chi connectivity index (χ1) is 8.40. The lowest BCUT2D eigenvalue weighted by atomic mass is 10.1. The molecule has 0 unspecified atom stereocenters. The second-order valence-electron chi connectivity index (χ2n) is 5.78. The van der Waals surface area contributed by atoms with Crippen molar-refractivity contribution in [1.82, 2.24) is 4.98 Å². The number of rotatable bonds is 3. The number of fused-ring (bicyclic) bond motifs is 1. The molecule has 1 aromatic carbocycles. The first kappa shape index (κ1) is 12.9. The van der Waals surface area contributed by atoms with E-state index in [1.165, 1.54) is 0 Å². The summed E-state index contributed by atoms with van der Waals surface area (Å²) in [6.07, 6.45) is 0. The minimum atomic E-state index is -1.31. The van der Waals surface area contributed by atoms with Gasteiger partial charge in [-0.2, -0.15) is 0 Å². The fourth-order valence-electron chi connectivity index (χ4n) is 2.12. The highest BCUT2D eigenvalue weighted by atomic mass is 28.3. The Morgan fingerprint density at radius 3 is 2.61 bits per heavy atom. The van der Waals surface area contributed by atoms with Crippen molar-refractivity contribution >= 4 is 19.0 Å². The molecule has 1 N–H and O–H groups in total. The first-order valence-corrected chi connectivity index (χ1v) is 9.80. The van der Waals surface area contributed by atoms with Gasteiger partial charge in [-0.05, 0) is 24.2 Å². The monoisotopic (exact) mass is 261 g/mol. The predicted octanol–water partition coefficient (Wildman–Crippen LogP) is 2.96. The van der Waals surface area contributed by atoms with Crippen molar-refractivity contribution in [2.75, 3.05) is 7.11 Å². The van der Waals surface area contributed by atoms with Gasteiger partial charge in [-0.3, -0.25) is 4.79 Å². The summed E-state index contributed by atoms with van der Waals surface area (Å²) in [4.78, 5) is 15.0. The summed E-state index contributed by atoms with van der Waals surface area (Å²) in [5, 5.41) is 0.979. The van der Waals surface area contributed by atoms with Gasteiger partial charge in [0.2, 0.25) is 0 Å². The van der Waals surface area contributed by atoms with Gasteiger partial charge in [0.15, 0.2) is 0 Å². The molecule has 2 aromatic rings. The number of aromatic nitrogens is 1. The predicted molar refractivity (Wildman–Crippen MR) is 78.2 cm³/mol. The molecule has 0 aliphatic rings. The fourth-order valence-corrected chi connectivity index (χ4v) is 3.53. The average molecular weight is 261 g/mol. The lowest BCUT2D eigenvalue weighted by Crippen LogP contribution is -2.28. The van der Waals surface area contributed by atoms with Gasteiger partial charge in [0.25, 0.3) is 5.56 Å². The number of methoxy groups -OCH3 is 1. The summed E-state index contributed by atoms with van der Waals surface area (Å²) in [6, 6.07) is 8.56. The van der Waals surface area contributed by atoms with Crippen molar-refractivity contribution in [2.24, 2.45) is 0 Å². The van der Waals surface area contributed by atoms with Crippen LogP contribution in [0, 0.1) is 0 Å². The molecule has 0 aliphatic carbocycles. The van der Waals surface area contributed by atoms with Gasteiger partial charge in [0.1, 0.15) is 5.75 Å². The van der Waals surface area contributed by atoms with E-state index in [4.69, 9.17) is 4.74 Å². The van der Waals surface area contributed by atoms with Crippen molar-refractivity contribution in [3.63, 3.8) is 0 Å². The van der Waals surface area contributed by atoms with E-state index in [0.717, 1.165) is 28.3 Å². The molecule has 3 nitrogen and oxygen atoms in total. The summed E-state index contributed by atoms with van der Waals surface area (Å²) in [6.45, 7) is 6.79. The van der Waals surface area contributed by atoms with Crippen LogP contribution in [0.3, 0.4) is 0 Å². The lowest BCUT2D eigenvalue weighted by molar-refractivity contribution is 0.419. The molecule has 0 saturated heterocycles.